The number of ether oxygens (including phenoxy) is 1. The number of anilines is 1. The Morgan fingerprint density at radius 1 is 1.31 bits per heavy atom. The highest BCUT2D eigenvalue weighted by Crippen LogP contribution is 2.19. The molecule has 150 valence electrons. The average Bonchev–Trinajstić information content (AvgIpc) is 3.13. The van der Waals surface area contributed by atoms with E-state index in [0.29, 0.717) is 17.9 Å². The van der Waals surface area contributed by atoms with Crippen molar-refractivity contribution in [2.45, 2.75) is 13.5 Å². The third-order valence-electron chi connectivity index (χ3n) is 4.06. The number of rotatable bonds is 8. The zero-order valence-electron chi connectivity index (χ0n) is 16.0. The zero-order valence-corrected chi connectivity index (χ0v) is 16.0. The van der Waals surface area contributed by atoms with Crippen molar-refractivity contribution in [1.82, 2.24) is 9.55 Å². The Hall–Kier alpha value is -3.45. The number of amides is 1. The summed E-state index contributed by atoms with van der Waals surface area (Å²) in [5.41, 5.74) is 2.93. The molecule has 1 aromatic heterocycles. The first-order valence-corrected chi connectivity index (χ1v) is 9.13. The van der Waals surface area contributed by atoms with Crippen LogP contribution in [0.15, 0.2) is 61.1 Å². The lowest BCUT2D eigenvalue weighted by molar-refractivity contribution is -0.111. The normalized spacial score (nSPS) is 11.0. The lowest BCUT2D eigenvalue weighted by Gasteiger charge is -2.06. The molecule has 2 N–H and O–H groups in total. The molecule has 0 aliphatic heterocycles. The quantitative estimate of drug-likeness (QED) is 0.573. The van der Waals surface area contributed by atoms with Crippen molar-refractivity contribution in [3.05, 3.63) is 83.6 Å². The monoisotopic (exact) mass is 395 g/mol. The number of aromatic nitrogens is 2. The molecule has 0 aliphatic carbocycles. The highest BCUT2D eigenvalue weighted by molar-refractivity contribution is 6.01. The summed E-state index contributed by atoms with van der Waals surface area (Å²) in [6.45, 7) is 2.49. The van der Waals surface area contributed by atoms with E-state index in [0.717, 1.165) is 5.56 Å². The fourth-order valence-electron chi connectivity index (χ4n) is 2.76. The van der Waals surface area contributed by atoms with Crippen molar-refractivity contribution in [1.29, 1.82) is 0 Å². The maximum atomic E-state index is 13.6. The van der Waals surface area contributed by atoms with Gasteiger partial charge in [0.1, 0.15) is 6.61 Å². The zero-order chi connectivity index (χ0) is 20.6. The van der Waals surface area contributed by atoms with Gasteiger partial charge in [-0.1, -0.05) is 35.9 Å². The maximum Gasteiger partial charge on any atom is 0.249 e. The molecule has 0 bridgehead atoms. The number of carbonyl (C=O) groups excluding carboxylic acids is 1. The third kappa shape index (κ3) is 6.02. The van der Waals surface area contributed by atoms with E-state index in [1.807, 2.05) is 29.7 Å². The van der Waals surface area contributed by atoms with Gasteiger partial charge in [0.25, 0.3) is 0 Å². The first-order chi connectivity index (χ1) is 14.0. The van der Waals surface area contributed by atoms with Gasteiger partial charge in [-0.15, -0.1) is 0 Å². The fourth-order valence-corrected chi connectivity index (χ4v) is 2.76. The number of nitrogens with zero attached hydrogens (tertiary/aromatic N) is 2. The van der Waals surface area contributed by atoms with E-state index in [1.54, 1.807) is 18.6 Å². The summed E-state index contributed by atoms with van der Waals surface area (Å²) in [6, 6.07) is 12.4. The minimum atomic E-state index is -0.529. The Labute approximate surface area is 168 Å². The van der Waals surface area contributed by atoms with Gasteiger partial charge in [-0.2, -0.15) is 0 Å². The van der Waals surface area contributed by atoms with Crippen LogP contribution in [0.4, 0.5) is 10.2 Å². The third-order valence-corrected chi connectivity index (χ3v) is 4.06. The molecule has 0 aliphatic rings. The molecular formula is C22H22FN3O3. The van der Waals surface area contributed by atoms with Crippen molar-refractivity contribution in [3.8, 4) is 5.75 Å². The molecule has 0 saturated heterocycles. The number of aliphatic hydroxyl groups excluding tert-OH is 1. The van der Waals surface area contributed by atoms with Crippen molar-refractivity contribution in [3.63, 3.8) is 0 Å². The predicted octanol–water partition coefficient (Wildman–Crippen LogP) is 3.40. The maximum absolute atomic E-state index is 13.6. The van der Waals surface area contributed by atoms with Gasteiger partial charge in [0.05, 0.1) is 12.9 Å². The molecule has 0 saturated carbocycles. The van der Waals surface area contributed by atoms with Gasteiger partial charge in [0, 0.05) is 18.8 Å². The van der Waals surface area contributed by atoms with Crippen LogP contribution in [0.25, 0.3) is 6.08 Å². The molecule has 1 heterocycles. The summed E-state index contributed by atoms with van der Waals surface area (Å²) in [6.07, 6.45) is 6.30. The second-order valence-electron chi connectivity index (χ2n) is 6.50. The van der Waals surface area contributed by atoms with Crippen LogP contribution in [0.5, 0.6) is 5.75 Å². The Morgan fingerprint density at radius 3 is 2.97 bits per heavy atom. The lowest BCUT2D eigenvalue weighted by atomic mass is 10.1. The van der Waals surface area contributed by atoms with E-state index >= 15 is 0 Å². The number of halogens is 1. The molecule has 3 aromatic rings. The summed E-state index contributed by atoms with van der Waals surface area (Å²) in [5.74, 6) is -0.415. The Balaban J connectivity index is 1.59. The number of hydrogen-bond acceptors (Lipinski definition) is 4. The number of carbonyl (C=O) groups is 1. The molecular weight excluding hydrogens is 373 g/mol. The Kier molecular flexibility index (Phi) is 6.76. The molecule has 7 heteroatoms. The number of benzene rings is 2. The summed E-state index contributed by atoms with van der Waals surface area (Å²) >= 11 is 0. The SMILES string of the molecule is Cc1cccc(Cn2cnc(NC(=O)/C=C/c3ccc(F)c(OCCO)c3)c2)c1. The number of imidazole rings is 1. The average molecular weight is 395 g/mol. The molecule has 0 fully saturated rings. The smallest absolute Gasteiger partial charge is 0.249 e. The summed E-state index contributed by atoms with van der Waals surface area (Å²) < 4.78 is 20.6. The van der Waals surface area contributed by atoms with Crippen molar-refractivity contribution in [2.24, 2.45) is 0 Å². The topological polar surface area (TPSA) is 76.4 Å². The van der Waals surface area contributed by atoms with Gasteiger partial charge < -0.3 is 19.7 Å². The minimum absolute atomic E-state index is 0.00418. The van der Waals surface area contributed by atoms with E-state index in [-0.39, 0.29) is 24.9 Å². The van der Waals surface area contributed by atoms with E-state index in [4.69, 9.17) is 9.84 Å². The molecule has 0 spiro atoms. The summed E-state index contributed by atoms with van der Waals surface area (Å²) in [5, 5.41) is 11.5. The van der Waals surface area contributed by atoms with Gasteiger partial charge in [-0.05, 0) is 36.3 Å². The van der Waals surface area contributed by atoms with Crippen LogP contribution in [0, 0.1) is 12.7 Å². The minimum Gasteiger partial charge on any atom is -0.488 e. The Bertz CT molecular complexity index is 1010. The number of aryl methyl sites for hydroxylation is 1. The first-order valence-electron chi connectivity index (χ1n) is 9.13. The summed E-state index contributed by atoms with van der Waals surface area (Å²) in [7, 11) is 0. The van der Waals surface area contributed by atoms with Crippen LogP contribution in [-0.4, -0.2) is 33.8 Å². The van der Waals surface area contributed by atoms with Crippen molar-refractivity contribution in [2.75, 3.05) is 18.5 Å². The van der Waals surface area contributed by atoms with Crippen LogP contribution in [-0.2, 0) is 11.3 Å². The number of nitrogens with one attached hydrogen (secondary N) is 1. The molecule has 3 rings (SSSR count). The second kappa shape index (κ2) is 9.66. The fraction of sp³-hybridized carbons (Fsp3) is 0.182. The van der Waals surface area contributed by atoms with Gasteiger partial charge in [0.15, 0.2) is 17.4 Å². The van der Waals surface area contributed by atoms with Crippen LogP contribution >= 0.6 is 0 Å². The predicted molar refractivity (Wildman–Crippen MR) is 109 cm³/mol. The number of hydrogen-bond donors (Lipinski definition) is 2. The second-order valence-corrected chi connectivity index (χ2v) is 6.50. The number of aliphatic hydroxyl groups is 1. The van der Waals surface area contributed by atoms with Gasteiger partial charge >= 0.3 is 0 Å². The van der Waals surface area contributed by atoms with E-state index < -0.39 is 5.82 Å². The van der Waals surface area contributed by atoms with Crippen LogP contribution in [0.1, 0.15) is 16.7 Å². The largest absolute Gasteiger partial charge is 0.488 e. The van der Waals surface area contributed by atoms with Gasteiger partial charge in [0.2, 0.25) is 5.91 Å². The van der Waals surface area contributed by atoms with E-state index in [2.05, 4.69) is 16.4 Å². The van der Waals surface area contributed by atoms with Crippen LogP contribution < -0.4 is 10.1 Å². The molecule has 2 aromatic carbocycles. The molecule has 6 nitrogen and oxygen atoms in total. The molecule has 1 amide bonds. The van der Waals surface area contributed by atoms with Crippen molar-refractivity contribution >= 4 is 17.8 Å². The lowest BCUT2D eigenvalue weighted by Crippen LogP contribution is -2.08. The first kappa shape index (κ1) is 20.3. The Morgan fingerprint density at radius 2 is 2.17 bits per heavy atom. The molecule has 0 atom stereocenters. The standard InChI is InChI=1S/C22H22FN3O3/c1-16-3-2-4-18(11-16)13-26-14-21(24-15-26)25-22(28)8-6-17-5-7-19(23)20(12-17)29-10-9-27/h2-8,11-12,14-15,27H,9-10,13H2,1H3,(H,25,28)/b8-6+. The molecule has 0 unspecified atom stereocenters. The van der Waals surface area contributed by atoms with E-state index in [1.165, 1.54) is 29.8 Å². The van der Waals surface area contributed by atoms with Crippen molar-refractivity contribution < 1.29 is 19.0 Å². The van der Waals surface area contributed by atoms with Crippen LogP contribution in [0.2, 0.25) is 0 Å². The molecule has 0 radical (unpaired) electrons. The van der Waals surface area contributed by atoms with Crippen LogP contribution in [0.3, 0.4) is 0 Å². The van der Waals surface area contributed by atoms with Gasteiger partial charge in [-0.3, -0.25) is 4.79 Å². The summed E-state index contributed by atoms with van der Waals surface area (Å²) in [4.78, 5) is 16.3. The van der Waals surface area contributed by atoms with E-state index in [9.17, 15) is 9.18 Å². The highest BCUT2D eigenvalue weighted by atomic mass is 19.1. The molecule has 29 heavy (non-hydrogen) atoms. The van der Waals surface area contributed by atoms with Gasteiger partial charge in [-0.25, -0.2) is 9.37 Å². The highest BCUT2D eigenvalue weighted by Gasteiger charge is 2.05.